The first-order valence-corrected chi connectivity index (χ1v) is 8.07. The summed E-state index contributed by atoms with van der Waals surface area (Å²) in [6.45, 7) is 1.53. The van der Waals surface area contributed by atoms with E-state index in [9.17, 15) is 10.2 Å². The van der Waals surface area contributed by atoms with Gasteiger partial charge in [-0.3, -0.25) is 0 Å². The number of rotatable bonds is 16. The topological polar surface area (TPSA) is 157 Å². The third kappa shape index (κ3) is 10.9. The zero-order chi connectivity index (χ0) is 17.5. The largest absolute Gasteiger partial charge is 0.395 e. The molecule has 0 aromatic carbocycles. The van der Waals surface area contributed by atoms with Crippen molar-refractivity contribution in [1.82, 2.24) is 16.0 Å². The number of hydrogen-bond acceptors (Lipinski definition) is 9. The second kappa shape index (κ2) is 15.2. The van der Waals surface area contributed by atoms with Crippen molar-refractivity contribution in [2.24, 2.45) is 0 Å². The monoisotopic (exact) mass is 339 g/mol. The van der Waals surface area contributed by atoms with Gasteiger partial charge in [-0.1, -0.05) is 0 Å². The molecule has 0 aliphatic rings. The molecule has 0 aromatic rings. The van der Waals surface area contributed by atoms with Crippen LogP contribution >= 0.6 is 0 Å². The molecular formula is C14H33N3O6. The fraction of sp³-hybridized carbons (Fsp3) is 1.00. The Morgan fingerprint density at radius 1 is 0.565 bits per heavy atom. The van der Waals surface area contributed by atoms with Crippen molar-refractivity contribution in [3.05, 3.63) is 0 Å². The normalized spacial score (nSPS) is 17.0. The van der Waals surface area contributed by atoms with Crippen LogP contribution in [0.4, 0.5) is 0 Å². The van der Waals surface area contributed by atoms with Gasteiger partial charge in [-0.15, -0.1) is 0 Å². The molecule has 23 heavy (non-hydrogen) atoms. The minimum Gasteiger partial charge on any atom is -0.395 e. The Labute approximate surface area is 137 Å². The fourth-order valence-corrected chi connectivity index (χ4v) is 2.03. The van der Waals surface area contributed by atoms with Crippen molar-refractivity contribution >= 4 is 0 Å². The molecule has 9 N–H and O–H groups in total. The maximum absolute atomic E-state index is 9.39. The van der Waals surface area contributed by atoms with Crippen LogP contribution in [-0.4, -0.2) is 108 Å². The van der Waals surface area contributed by atoms with Gasteiger partial charge in [0.25, 0.3) is 0 Å². The summed E-state index contributed by atoms with van der Waals surface area (Å²) >= 11 is 0. The molecule has 0 aliphatic heterocycles. The minimum atomic E-state index is -0.965. The van der Waals surface area contributed by atoms with Crippen molar-refractivity contribution in [3.63, 3.8) is 0 Å². The maximum atomic E-state index is 9.39. The van der Waals surface area contributed by atoms with Crippen molar-refractivity contribution < 1.29 is 30.6 Å². The van der Waals surface area contributed by atoms with Crippen LogP contribution in [0.5, 0.6) is 0 Å². The van der Waals surface area contributed by atoms with Crippen LogP contribution in [0.2, 0.25) is 0 Å². The molecule has 0 fully saturated rings. The summed E-state index contributed by atoms with van der Waals surface area (Å²) in [5, 5.41) is 63.6. The Hall–Kier alpha value is -0.360. The average molecular weight is 339 g/mol. The zero-order valence-electron chi connectivity index (χ0n) is 13.6. The summed E-state index contributed by atoms with van der Waals surface area (Å²) in [5.41, 5.74) is 0. The van der Waals surface area contributed by atoms with Crippen LogP contribution in [0.1, 0.15) is 12.8 Å². The minimum absolute atomic E-state index is 0.230. The molecule has 0 amide bonds. The molecule has 0 heterocycles. The smallest absolute Gasteiger partial charge is 0.0945 e. The summed E-state index contributed by atoms with van der Waals surface area (Å²) in [6.07, 6.45) is -0.310. The van der Waals surface area contributed by atoms with Crippen molar-refractivity contribution in [3.8, 4) is 0 Å². The van der Waals surface area contributed by atoms with E-state index < -0.39 is 24.3 Å². The Kier molecular flexibility index (Phi) is 14.9. The van der Waals surface area contributed by atoms with E-state index >= 15 is 0 Å². The molecule has 9 heteroatoms. The lowest BCUT2D eigenvalue weighted by atomic mass is 10.2. The average Bonchev–Trinajstić information content (AvgIpc) is 2.58. The Morgan fingerprint density at radius 2 is 0.957 bits per heavy atom. The van der Waals surface area contributed by atoms with Gasteiger partial charge >= 0.3 is 0 Å². The highest BCUT2D eigenvalue weighted by molar-refractivity contribution is 4.75. The highest BCUT2D eigenvalue weighted by Gasteiger charge is 2.16. The molecule has 140 valence electrons. The number of nitrogens with one attached hydrogen (secondary N) is 3. The van der Waals surface area contributed by atoms with Crippen LogP contribution in [-0.2, 0) is 0 Å². The molecule has 0 saturated carbocycles. The van der Waals surface area contributed by atoms with Gasteiger partial charge in [0.2, 0.25) is 0 Å². The summed E-state index contributed by atoms with van der Waals surface area (Å²) in [6, 6.07) is -1.03. The van der Waals surface area contributed by atoms with E-state index in [1.54, 1.807) is 0 Å². The molecule has 0 spiro atoms. The van der Waals surface area contributed by atoms with Crippen molar-refractivity contribution in [2.45, 2.75) is 37.1 Å². The maximum Gasteiger partial charge on any atom is 0.0945 e. The number of aliphatic hydroxyl groups excluding tert-OH is 6. The third-order valence-corrected chi connectivity index (χ3v) is 3.57. The van der Waals surface area contributed by atoms with Crippen molar-refractivity contribution in [1.29, 1.82) is 0 Å². The summed E-state index contributed by atoms with van der Waals surface area (Å²) in [4.78, 5) is 0. The third-order valence-electron chi connectivity index (χ3n) is 3.57. The summed E-state index contributed by atoms with van der Waals surface area (Å²) < 4.78 is 0. The highest BCUT2D eigenvalue weighted by atomic mass is 16.3. The van der Waals surface area contributed by atoms with E-state index in [4.69, 9.17) is 20.4 Å². The first-order valence-electron chi connectivity index (χ1n) is 8.07. The van der Waals surface area contributed by atoms with Crippen LogP contribution in [0.25, 0.3) is 0 Å². The molecule has 0 rings (SSSR count). The summed E-state index contributed by atoms with van der Waals surface area (Å²) in [7, 11) is 0. The van der Waals surface area contributed by atoms with Gasteiger partial charge in [-0.05, 0) is 39.0 Å². The molecule has 9 nitrogen and oxygen atoms in total. The first kappa shape index (κ1) is 22.6. The van der Waals surface area contributed by atoms with E-state index in [1.165, 1.54) is 0 Å². The molecule has 0 aliphatic carbocycles. The molecular weight excluding hydrogens is 306 g/mol. The SMILES string of the molecule is OC[C@@H](O)[C@@H](CO)NCCCNCCCN[C@@H](CO)[C@@H](O)CO. The quantitative estimate of drug-likeness (QED) is 0.128. The van der Waals surface area contributed by atoms with Gasteiger partial charge in [-0.25, -0.2) is 0 Å². The fourth-order valence-electron chi connectivity index (χ4n) is 2.03. The number of aliphatic hydroxyl groups is 6. The predicted molar refractivity (Wildman–Crippen MR) is 86.0 cm³/mol. The Bertz CT molecular complexity index is 239. The molecule has 0 bridgehead atoms. The molecule has 0 radical (unpaired) electrons. The van der Waals surface area contributed by atoms with E-state index in [0.29, 0.717) is 13.1 Å². The van der Waals surface area contributed by atoms with Crippen LogP contribution in [0.15, 0.2) is 0 Å². The van der Waals surface area contributed by atoms with E-state index in [1.807, 2.05) is 0 Å². The lowest BCUT2D eigenvalue weighted by Crippen LogP contribution is -2.45. The predicted octanol–water partition coefficient (Wildman–Crippen LogP) is -4.04. The second-order valence-corrected chi connectivity index (χ2v) is 5.44. The Balaban J connectivity index is 3.49. The van der Waals surface area contributed by atoms with Crippen molar-refractivity contribution in [2.75, 3.05) is 52.6 Å². The lowest BCUT2D eigenvalue weighted by Gasteiger charge is -2.21. The van der Waals surface area contributed by atoms with Gasteiger partial charge in [0.05, 0.1) is 50.7 Å². The first-order chi connectivity index (χ1) is 11.1. The van der Waals surface area contributed by atoms with Gasteiger partial charge < -0.3 is 46.6 Å². The molecule has 4 atom stereocenters. The molecule has 0 unspecified atom stereocenters. The van der Waals surface area contributed by atoms with E-state index in [-0.39, 0.29) is 26.4 Å². The van der Waals surface area contributed by atoms with Crippen LogP contribution < -0.4 is 16.0 Å². The van der Waals surface area contributed by atoms with Gasteiger partial charge in [-0.2, -0.15) is 0 Å². The van der Waals surface area contributed by atoms with Gasteiger partial charge in [0, 0.05) is 0 Å². The molecule has 0 aromatic heterocycles. The number of hydrogen-bond donors (Lipinski definition) is 9. The summed E-state index contributed by atoms with van der Waals surface area (Å²) in [5.74, 6) is 0. The van der Waals surface area contributed by atoms with E-state index in [0.717, 1.165) is 25.9 Å². The van der Waals surface area contributed by atoms with Crippen LogP contribution in [0, 0.1) is 0 Å². The van der Waals surface area contributed by atoms with E-state index in [2.05, 4.69) is 16.0 Å². The second-order valence-electron chi connectivity index (χ2n) is 5.44. The Morgan fingerprint density at radius 3 is 1.26 bits per heavy atom. The van der Waals surface area contributed by atoms with Gasteiger partial charge in [0.15, 0.2) is 0 Å². The van der Waals surface area contributed by atoms with Gasteiger partial charge in [0.1, 0.15) is 0 Å². The zero-order valence-corrected chi connectivity index (χ0v) is 13.6. The van der Waals surface area contributed by atoms with Crippen LogP contribution in [0.3, 0.4) is 0 Å². The standard InChI is InChI=1S/C14H33N3O6/c18-7-11(13(22)9-20)16-5-1-3-15-4-2-6-17-12(8-19)14(23)10-21/h11-23H,1-10H2/t11-,12+,13-,14+. The lowest BCUT2D eigenvalue weighted by molar-refractivity contribution is 0.0416. The molecule has 0 saturated heterocycles. The highest BCUT2D eigenvalue weighted by Crippen LogP contribution is 1.93.